The molecule has 1 atom stereocenters. The van der Waals surface area contributed by atoms with Crippen LogP contribution in [0.3, 0.4) is 0 Å². The SMILES string of the molecule is C=CC(=O)N(C)c1ccc2c(N3CCC(Nc4ncc(C=NC)cn4)C3)nc(C)nc2c1. The third-order valence-corrected chi connectivity index (χ3v) is 5.44. The Morgan fingerprint density at radius 3 is 2.81 bits per heavy atom. The lowest BCUT2D eigenvalue weighted by Gasteiger charge is -2.21. The summed E-state index contributed by atoms with van der Waals surface area (Å²) in [7, 11) is 3.44. The van der Waals surface area contributed by atoms with Gasteiger partial charge in [0.05, 0.1) is 5.52 Å². The minimum absolute atomic E-state index is 0.166. The van der Waals surface area contributed by atoms with Gasteiger partial charge in [0.25, 0.3) is 0 Å². The Bertz CT molecular complexity index is 1170. The van der Waals surface area contributed by atoms with E-state index in [2.05, 4.69) is 36.7 Å². The van der Waals surface area contributed by atoms with Crippen molar-refractivity contribution in [3.63, 3.8) is 0 Å². The van der Waals surface area contributed by atoms with E-state index in [1.54, 1.807) is 37.6 Å². The third kappa shape index (κ3) is 4.41. The van der Waals surface area contributed by atoms with Gasteiger partial charge in [0.15, 0.2) is 0 Å². The molecule has 3 heterocycles. The van der Waals surface area contributed by atoms with Crippen LogP contribution in [0.15, 0.2) is 48.2 Å². The summed E-state index contributed by atoms with van der Waals surface area (Å²) in [5.41, 5.74) is 2.44. The number of carbonyl (C=O) groups is 1. The molecule has 0 radical (unpaired) electrons. The Kier molecular flexibility index (Phi) is 6.07. The second kappa shape index (κ2) is 9.09. The minimum Gasteiger partial charge on any atom is -0.354 e. The number of likely N-dealkylation sites (N-methyl/N-ethyl adjacent to an activating group) is 1. The normalized spacial score (nSPS) is 16.0. The van der Waals surface area contributed by atoms with Gasteiger partial charge in [-0.1, -0.05) is 6.58 Å². The van der Waals surface area contributed by atoms with Gasteiger partial charge in [-0.2, -0.15) is 0 Å². The molecule has 1 aromatic carbocycles. The number of aryl methyl sites for hydroxylation is 1. The van der Waals surface area contributed by atoms with Gasteiger partial charge in [0.1, 0.15) is 11.6 Å². The van der Waals surface area contributed by atoms with Gasteiger partial charge in [-0.15, -0.1) is 0 Å². The summed E-state index contributed by atoms with van der Waals surface area (Å²) in [5, 5.41) is 4.37. The molecule has 1 amide bonds. The van der Waals surface area contributed by atoms with Crippen LogP contribution in [0.25, 0.3) is 10.9 Å². The summed E-state index contributed by atoms with van der Waals surface area (Å²) in [4.78, 5) is 37.8. The summed E-state index contributed by atoms with van der Waals surface area (Å²) in [6, 6.07) is 6.01. The Balaban J connectivity index is 1.54. The quantitative estimate of drug-likeness (QED) is 0.474. The summed E-state index contributed by atoms with van der Waals surface area (Å²) < 4.78 is 0. The molecule has 0 spiro atoms. The molecule has 4 rings (SSSR count). The maximum absolute atomic E-state index is 12.0. The van der Waals surface area contributed by atoms with E-state index in [9.17, 15) is 4.79 Å². The number of carbonyl (C=O) groups excluding carboxylic acids is 1. The second-order valence-electron chi connectivity index (χ2n) is 7.70. The van der Waals surface area contributed by atoms with Crippen molar-refractivity contribution in [2.24, 2.45) is 4.99 Å². The highest BCUT2D eigenvalue weighted by Gasteiger charge is 2.26. The fourth-order valence-electron chi connectivity index (χ4n) is 3.81. The molecule has 0 bridgehead atoms. The van der Waals surface area contributed by atoms with E-state index in [1.807, 2.05) is 25.1 Å². The van der Waals surface area contributed by atoms with Crippen molar-refractivity contribution in [3.05, 3.63) is 54.6 Å². The Labute approximate surface area is 186 Å². The first-order valence-electron chi connectivity index (χ1n) is 10.4. The summed E-state index contributed by atoms with van der Waals surface area (Å²) in [6.45, 7) is 7.08. The predicted octanol–water partition coefficient (Wildman–Crippen LogP) is 2.62. The number of aromatic nitrogens is 4. The van der Waals surface area contributed by atoms with E-state index in [4.69, 9.17) is 4.98 Å². The van der Waals surface area contributed by atoms with Crippen molar-refractivity contribution >= 4 is 40.5 Å². The molecule has 1 aliphatic heterocycles. The molecule has 9 nitrogen and oxygen atoms in total. The second-order valence-corrected chi connectivity index (χ2v) is 7.70. The molecule has 1 unspecified atom stereocenters. The number of rotatable bonds is 6. The molecule has 1 saturated heterocycles. The number of hydrogen-bond acceptors (Lipinski definition) is 8. The highest BCUT2D eigenvalue weighted by molar-refractivity contribution is 6.02. The zero-order chi connectivity index (χ0) is 22.7. The lowest BCUT2D eigenvalue weighted by atomic mass is 10.2. The van der Waals surface area contributed by atoms with Crippen LogP contribution in [0.5, 0.6) is 0 Å². The van der Waals surface area contributed by atoms with Crippen LogP contribution in [-0.2, 0) is 4.79 Å². The lowest BCUT2D eigenvalue weighted by molar-refractivity contribution is -0.113. The van der Waals surface area contributed by atoms with Crippen molar-refractivity contribution in [1.82, 2.24) is 19.9 Å². The van der Waals surface area contributed by atoms with Gasteiger partial charge >= 0.3 is 0 Å². The van der Waals surface area contributed by atoms with Gasteiger partial charge in [-0.25, -0.2) is 19.9 Å². The maximum atomic E-state index is 12.0. The van der Waals surface area contributed by atoms with Gasteiger partial charge < -0.3 is 15.1 Å². The van der Waals surface area contributed by atoms with Gasteiger partial charge in [-0.3, -0.25) is 9.79 Å². The third-order valence-electron chi connectivity index (χ3n) is 5.44. The standard InChI is InChI=1S/C23H26N8O/c1-5-21(32)30(4)18-6-7-19-20(10-18)27-15(2)28-22(19)31-9-8-17(14-31)29-23-25-12-16(11-24-3)13-26-23/h5-7,10-13,17H,1,8-9,14H2,2-4H3,(H,25,26,29). The number of fused-ring (bicyclic) bond motifs is 1. The molecule has 3 aromatic rings. The molecule has 1 N–H and O–H groups in total. The zero-order valence-electron chi connectivity index (χ0n) is 18.5. The van der Waals surface area contributed by atoms with Gasteiger partial charge in [0.2, 0.25) is 11.9 Å². The molecule has 32 heavy (non-hydrogen) atoms. The molecular formula is C23H26N8O. The molecule has 0 aliphatic carbocycles. The molecule has 9 heteroatoms. The van der Waals surface area contributed by atoms with E-state index in [1.165, 1.54) is 6.08 Å². The topological polar surface area (TPSA) is 99.5 Å². The van der Waals surface area contributed by atoms with Crippen molar-refractivity contribution < 1.29 is 4.79 Å². The number of nitrogens with one attached hydrogen (secondary N) is 1. The van der Waals surface area contributed by atoms with Crippen LogP contribution >= 0.6 is 0 Å². The van der Waals surface area contributed by atoms with Crippen LogP contribution in [0.2, 0.25) is 0 Å². The van der Waals surface area contributed by atoms with E-state index < -0.39 is 0 Å². The first-order chi connectivity index (χ1) is 15.5. The molecule has 0 saturated carbocycles. The molecule has 1 fully saturated rings. The number of aliphatic imine (C=N–C) groups is 1. The Morgan fingerprint density at radius 2 is 2.09 bits per heavy atom. The van der Waals surface area contributed by atoms with E-state index in [-0.39, 0.29) is 11.9 Å². The van der Waals surface area contributed by atoms with Crippen LogP contribution in [0.4, 0.5) is 17.5 Å². The fraction of sp³-hybridized carbons (Fsp3) is 0.304. The first-order valence-corrected chi connectivity index (χ1v) is 10.4. The predicted molar refractivity (Wildman–Crippen MR) is 128 cm³/mol. The number of nitrogens with zero attached hydrogens (tertiary/aromatic N) is 7. The highest BCUT2D eigenvalue weighted by atomic mass is 16.2. The maximum Gasteiger partial charge on any atom is 0.250 e. The Morgan fingerprint density at radius 1 is 1.31 bits per heavy atom. The number of anilines is 3. The first kappa shape index (κ1) is 21.4. The van der Waals surface area contributed by atoms with Crippen molar-refractivity contribution in [1.29, 1.82) is 0 Å². The highest BCUT2D eigenvalue weighted by Crippen LogP contribution is 2.30. The van der Waals surface area contributed by atoms with Crippen LogP contribution in [-0.4, -0.2) is 65.3 Å². The summed E-state index contributed by atoms with van der Waals surface area (Å²) >= 11 is 0. The van der Waals surface area contributed by atoms with E-state index in [0.29, 0.717) is 11.8 Å². The molecular weight excluding hydrogens is 404 g/mol. The molecule has 1 aliphatic rings. The van der Waals surface area contributed by atoms with Crippen LogP contribution in [0.1, 0.15) is 17.8 Å². The lowest BCUT2D eigenvalue weighted by Crippen LogP contribution is -2.27. The van der Waals surface area contributed by atoms with E-state index in [0.717, 1.165) is 47.5 Å². The average Bonchev–Trinajstić information content (AvgIpc) is 3.26. The monoisotopic (exact) mass is 430 g/mol. The minimum atomic E-state index is -0.166. The number of amides is 1. The summed E-state index contributed by atoms with van der Waals surface area (Å²) in [6.07, 6.45) is 7.47. The average molecular weight is 431 g/mol. The van der Waals surface area contributed by atoms with Crippen molar-refractivity contribution in [2.45, 2.75) is 19.4 Å². The van der Waals surface area contributed by atoms with E-state index >= 15 is 0 Å². The number of hydrogen-bond donors (Lipinski definition) is 1. The molecule has 164 valence electrons. The summed E-state index contributed by atoms with van der Waals surface area (Å²) in [5.74, 6) is 2.03. The van der Waals surface area contributed by atoms with Crippen LogP contribution < -0.4 is 15.1 Å². The van der Waals surface area contributed by atoms with Gasteiger partial charge in [0, 0.05) is 68.5 Å². The van der Waals surface area contributed by atoms with Gasteiger partial charge in [-0.05, 0) is 37.6 Å². The number of benzene rings is 1. The largest absolute Gasteiger partial charge is 0.354 e. The van der Waals surface area contributed by atoms with Crippen molar-refractivity contribution in [2.75, 3.05) is 42.3 Å². The zero-order valence-corrected chi connectivity index (χ0v) is 18.5. The van der Waals surface area contributed by atoms with Crippen molar-refractivity contribution in [3.8, 4) is 0 Å². The fourth-order valence-corrected chi connectivity index (χ4v) is 3.81. The van der Waals surface area contributed by atoms with Crippen LogP contribution in [0, 0.1) is 6.92 Å². The smallest absolute Gasteiger partial charge is 0.250 e. The molecule has 2 aromatic heterocycles. The Hall–Kier alpha value is -3.88.